The summed E-state index contributed by atoms with van der Waals surface area (Å²) in [5.74, 6) is 1.10. The van der Waals surface area contributed by atoms with Crippen LogP contribution in [0.4, 0.5) is 0 Å². The van der Waals surface area contributed by atoms with Crippen molar-refractivity contribution in [1.82, 2.24) is 19.4 Å². The molecule has 7 heteroatoms. The summed E-state index contributed by atoms with van der Waals surface area (Å²) in [5, 5.41) is 0. The second-order valence-electron chi connectivity index (χ2n) is 6.44. The number of hydrogen-bond donors (Lipinski definition) is 0. The highest BCUT2D eigenvalue weighted by molar-refractivity contribution is 5.76. The predicted molar refractivity (Wildman–Crippen MR) is 88.3 cm³/mol. The Hall–Kier alpha value is -2.12. The molecular formula is C17H24N4O3. The Morgan fingerprint density at radius 1 is 1.50 bits per heavy atom. The van der Waals surface area contributed by atoms with E-state index in [0.717, 1.165) is 31.1 Å². The molecule has 3 heterocycles. The van der Waals surface area contributed by atoms with Crippen molar-refractivity contribution < 1.29 is 13.9 Å². The highest BCUT2D eigenvalue weighted by atomic mass is 16.5. The monoisotopic (exact) mass is 332 g/mol. The van der Waals surface area contributed by atoms with Gasteiger partial charge in [-0.25, -0.2) is 4.98 Å². The van der Waals surface area contributed by atoms with E-state index in [1.807, 2.05) is 25.5 Å². The van der Waals surface area contributed by atoms with Crippen LogP contribution in [0.2, 0.25) is 0 Å². The maximum atomic E-state index is 11.7. The van der Waals surface area contributed by atoms with Crippen molar-refractivity contribution in [3.8, 4) is 0 Å². The number of aromatic nitrogens is 2. The maximum absolute atomic E-state index is 11.7. The Labute approximate surface area is 141 Å². The van der Waals surface area contributed by atoms with E-state index in [9.17, 15) is 4.79 Å². The number of nitrogens with zero attached hydrogens (tertiary/aromatic N) is 4. The first-order valence-corrected chi connectivity index (χ1v) is 8.07. The van der Waals surface area contributed by atoms with Crippen LogP contribution in [-0.4, -0.2) is 59.1 Å². The molecule has 1 aliphatic heterocycles. The van der Waals surface area contributed by atoms with Gasteiger partial charge in [-0.1, -0.05) is 0 Å². The van der Waals surface area contributed by atoms with Crippen LogP contribution in [0.3, 0.4) is 0 Å². The molecule has 1 aliphatic rings. The van der Waals surface area contributed by atoms with Crippen molar-refractivity contribution in [2.45, 2.75) is 19.0 Å². The number of likely N-dealkylation sites (N-methyl/N-ethyl adjacent to an activating group) is 1. The fourth-order valence-electron chi connectivity index (χ4n) is 3.10. The lowest BCUT2D eigenvalue weighted by molar-refractivity contribution is -0.133. The van der Waals surface area contributed by atoms with Crippen LogP contribution < -0.4 is 0 Å². The maximum Gasteiger partial charge on any atom is 0.248 e. The summed E-state index contributed by atoms with van der Waals surface area (Å²) < 4.78 is 13.2. The number of ether oxygens (including phenoxy) is 1. The van der Waals surface area contributed by atoms with Gasteiger partial charge in [0.1, 0.15) is 12.4 Å². The first-order valence-electron chi connectivity index (χ1n) is 8.07. The van der Waals surface area contributed by atoms with Gasteiger partial charge in [-0.05, 0) is 12.1 Å². The minimum Gasteiger partial charge on any atom is -0.468 e. The number of aryl methyl sites for hydroxylation is 1. The van der Waals surface area contributed by atoms with E-state index < -0.39 is 0 Å². The molecule has 1 amide bonds. The first kappa shape index (κ1) is 16.7. The van der Waals surface area contributed by atoms with Gasteiger partial charge in [-0.2, -0.15) is 0 Å². The average Bonchev–Trinajstić information content (AvgIpc) is 3.17. The van der Waals surface area contributed by atoms with Gasteiger partial charge < -0.3 is 18.6 Å². The van der Waals surface area contributed by atoms with Gasteiger partial charge in [0.25, 0.3) is 0 Å². The average molecular weight is 332 g/mol. The van der Waals surface area contributed by atoms with Crippen LogP contribution in [0.1, 0.15) is 23.1 Å². The summed E-state index contributed by atoms with van der Waals surface area (Å²) in [6.45, 7) is 3.00. The standard InChI is InChI=1S/C17H24N4O3/c1-19(2)16(22)11-23-10-13-7-21(8-14-5-4-6-24-14)9-15-17(13)20(3)12-18-15/h4-6,12-13H,7-11H2,1-3H3/t13-/m1/s1. The summed E-state index contributed by atoms with van der Waals surface area (Å²) in [5.41, 5.74) is 2.27. The highest BCUT2D eigenvalue weighted by Gasteiger charge is 2.29. The number of hydrogen-bond acceptors (Lipinski definition) is 5. The SMILES string of the molecule is CN(C)C(=O)COC[C@H]1CN(Cc2ccco2)Cc2ncn(C)c21. The molecule has 0 unspecified atom stereocenters. The third-order valence-electron chi connectivity index (χ3n) is 4.30. The Kier molecular flexibility index (Phi) is 5.01. The molecule has 0 N–H and O–H groups in total. The molecule has 0 aliphatic carbocycles. The molecule has 7 nitrogen and oxygen atoms in total. The first-order chi connectivity index (χ1) is 11.5. The second kappa shape index (κ2) is 7.19. The van der Waals surface area contributed by atoms with Crippen molar-refractivity contribution in [2.75, 3.05) is 33.9 Å². The molecule has 0 saturated carbocycles. The van der Waals surface area contributed by atoms with Crippen molar-refractivity contribution in [3.63, 3.8) is 0 Å². The lowest BCUT2D eigenvalue weighted by atomic mass is 9.99. The molecule has 2 aromatic heterocycles. The van der Waals surface area contributed by atoms with E-state index in [-0.39, 0.29) is 18.4 Å². The zero-order valence-electron chi connectivity index (χ0n) is 14.4. The van der Waals surface area contributed by atoms with Gasteiger partial charge in [0.15, 0.2) is 0 Å². The van der Waals surface area contributed by atoms with E-state index in [1.54, 1.807) is 25.3 Å². The van der Waals surface area contributed by atoms with E-state index in [0.29, 0.717) is 6.61 Å². The van der Waals surface area contributed by atoms with Gasteiger partial charge in [-0.3, -0.25) is 9.69 Å². The second-order valence-corrected chi connectivity index (χ2v) is 6.44. The quantitative estimate of drug-likeness (QED) is 0.796. The van der Waals surface area contributed by atoms with E-state index in [1.165, 1.54) is 5.69 Å². The fourth-order valence-corrected chi connectivity index (χ4v) is 3.10. The minimum absolute atomic E-state index is 0.0246. The van der Waals surface area contributed by atoms with Crippen LogP contribution in [0.15, 0.2) is 29.1 Å². The Morgan fingerprint density at radius 3 is 3.04 bits per heavy atom. The molecule has 0 radical (unpaired) electrons. The molecule has 3 rings (SSSR count). The molecule has 0 spiro atoms. The summed E-state index contributed by atoms with van der Waals surface area (Å²) in [6, 6.07) is 3.88. The zero-order valence-corrected chi connectivity index (χ0v) is 14.4. The Bertz CT molecular complexity index is 678. The van der Waals surface area contributed by atoms with Gasteiger partial charge >= 0.3 is 0 Å². The number of rotatable bonds is 6. The Morgan fingerprint density at radius 2 is 2.33 bits per heavy atom. The third kappa shape index (κ3) is 3.68. The minimum atomic E-state index is -0.0246. The Balaban J connectivity index is 1.66. The van der Waals surface area contributed by atoms with Crippen LogP contribution in [0.25, 0.3) is 0 Å². The van der Waals surface area contributed by atoms with Gasteiger partial charge in [0, 0.05) is 45.8 Å². The normalized spacial score (nSPS) is 17.7. The van der Waals surface area contributed by atoms with Crippen LogP contribution >= 0.6 is 0 Å². The third-order valence-corrected chi connectivity index (χ3v) is 4.30. The van der Waals surface area contributed by atoms with Gasteiger partial charge in [0.05, 0.1) is 31.4 Å². The molecule has 0 fully saturated rings. The van der Waals surface area contributed by atoms with Crippen molar-refractivity contribution in [1.29, 1.82) is 0 Å². The van der Waals surface area contributed by atoms with Gasteiger partial charge in [-0.15, -0.1) is 0 Å². The fraction of sp³-hybridized carbons (Fsp3) is 0.529. The van der Waals surface area contributed by atoms with Crippen LogP contribution in [0.5, 0.6) is 0 Å². The largest absolute Gasteiger partial charge is 0.468 e. The molecule has 24 heavy (non-hydrogen) atoms. The summed E-state index contributed by atoms with van der Waals surface area (Å²) in [7, 11) is 5.47. The van der Waals surface area contributed by atoms with Crippen LogP contribution in [-0.2, 0) is 29.7 Å². The number of amides is 1. The van der Waals surface area contributed by atoms with E-state index >= 15 is 0 Å². The topological polar surface area (TPSA) is 63.7 Å². The molecule has 0 saturated heterocycles. The molecule has 1 atom stereocenters. The van der Waals surface area contributed by atoms with Crippen molar-refractivity contribution in [3.05, 3.63) is 41.9 Å². The van der Waals surface area contributed by atoms with E-state index in [2.05, 4.69) is 14.5 Å². The summed E-state index contributed by atoms with van der Waals surface area (Å²) in [6.07, 6.45) is 3.54. The number of furan rings is 1. The molecule has 130 valence electrons. The van der Waals surface area contributed by atoms with Gasteiger partial charge in [0.2, 0.25) is 5.91 Å². The molecular weight excluding hydrogens is 308 g/mol. The predicted octanol–water partition coefficient (Wildman–Crippen LogP) is 1.22. The molecule has 0 aromatic carbocycles. The summed E-state index contributed by atoms with van der Waals surface area (Å²) in [4.78, 5) is 20.0. The lowest BCUT2D eigenvalue weighted by Crippen LogP contribution is -2.36. The number of carbonyl (C=O) groups excluding carboxylic acids is 1. The lowest BCUT2D eigenvalue weighted by Gasteiger charge is -2.32. The van der Waals surface area contributed by atoms with Crippen LogP contribution in [0, 0.1) is 0 Å². The smallest absolute Gasteiger partial charge is 0.248 e. The number of imidazole rings is 1. The summed E-state index contributed by atoms with van der Waals surface area (Å²) >= 11 is 0. The molecule has 0 bridgehead atoms. The highest BCUT2D eigenvalue weighted by Crippen LogP contribution is 2.28. The number of carbonyl (C=O) groups is 1. The van der Waals surface area contributed by atoms with E-state index in [4.69, 9.17) is 9.15 Å². The van der Waals surface area contributed by atoms with Crippen molar-refractivity contribution >= 4 is 5.91 Å². The number of fused-ring (bicyclic) bond motifs is 1. The molecule has 2 aromatic rings. The van der Waals surface area contributed by atoms with Crippen molar-refractivity contribution in [2.24, 2.45) is 7.05 Å². The zero-order chi connectivity index (χ0) is 17.1.